The molecule has 4 heteroatoms. The number of nitrogens with one attached hydrogen (secondary N) is 1. The van der Waals surface area contributed by atoms with Crippen molar-refractivity contribution in [3.63, 3.8) is 0 Å². The first-order valence-corrected chi connectivity index (χ1v) is 5.63. The molecule has 2 rings (SSSR count). The summed E-state index contributed by atoms with van der Waals surface area (Å²) < 4.78 is 0. The van der Waals surface area contributed by atoms with Crippen molar-refractivity contribution in [1.82, 2.24) is 0 Å². The Bertz CT molecular complexity index is 435. The molecule has 3 N–H and O–H groups in total. The van der Waals surface area contributed by atoms with E-state index >= 15 is 0 Å². The maximum atomic E-state index is 11.9. The van der Waals surface area contributed by atoms with Gasteiger partial charge in [0.05, 0.1) is 10.4 Å². The first kappa shape index (κ1) is 11.1. The third-order valence-corrected chi connectivity index (χ3v) is 3.36. The fourth-order valence-corrected chi connectivity index (χ4v) is 1.89. The van der Waals surface area contributed by atoms with E-state index in [2.05, 4.69) is 5.32 Å². The quantitative estimate of drug-likeness (QED) is 0.786. The highest BCUT2D eigenvalue weighted by atomic mass is 32.1. The lowest BCUT2D eigenvalue weighted by Crippen LogP contribution is -2.34. The van der Waals surface area contributed by atoms with E-state index in [0.29, 0.717) is 4.99 Å². The second-order valence-electron chi connectivity index (χ2n) is 4.27. The normalized spacial score (nSPS) is 16.6. The van der Waals surface area contributed by atoms with Crippen LogP contribution < -0.4 is 11.1 Å². The standard InChI is InChI=1S/C12H14N2OS/c1-8-2-4-9(5-3-8)14-11(15)12(6-7-12)10(13)16/h2-5H,6-7H2,1H3,(H2,13,16)(H,14,15). The van der Waals surface area contributed by atoms with Crippen molar-refractivity contribution < 1.29 is 4.79 Å². The highest BCUT2D eigenvalue weighted by molar-refractivity contribution is 7.80. The largest absolute Gasteiger partial charge is 0.392 e. The number of nitrogens with two attached hydrogens (primary N) is 1. The zero-order chi connectivity index (χ0) is 11.8. The summed E-state index contributed by atoms with van der Waals surface area (Å²) in [6.07, 6.45) is 1.53. The smallest absolute Gasteiger partial charge is 0.237 e. The fourth-order valence-electron chi connectivity index (χ4n) is 1.60. The third kappa shape index (κ3) is 1.93. The zero-order valence-corrected chi connectivity index (χ0v) is 9.93. The van der Waals surface area contributed by atoms with Gasteiger partial charge in [0, 0.05) is 5.69 Å². The van der Waals surface area contributed by atoms with Crippen LogP contribution in [0, 0.1) is 12.3 Å². The van der Waals surface area contributed by atoms with Gasteiger partial charge in [-0.05, 0) is 31.9 Å². The second-order valence-corrected chi connectivity index (χ2v) is 4.71. The number of carbonyl (C=O) groups excluding carboxylic acids is 1. The minimum absolute atomic E-state index is 0.0798. The monoisotopic (exact) mass is 234 g/mol. The van der Waals surface area contributed by atoms with E-state index in [0.717, 1.165) is 24.1 Å². The number of rotatable bonds is 3. The van der Waals surface area contributed by atoms with Crippen LogP contribution in [0.3, 0.4) is 0 Å². The lowest BCUT2D eigenvalue weighted by molar-refractivity contribution is -0.118. The van der Waals surface area contributed by atoms with Crippen LogP contribution in [0.1, 0.15) is 18.4 Å². The molecule has 1 aliphatic carbocycles. The number of hydrogen-bond acceptors (Lipinski definition) is 2. The number of amides is 1. The van der Waals surface area contributed by atoms with Crippen LogP contribution in [0.25, 0.3) is 0 Å². The Morgan fingerprint density at radius 2 is 1.94 bits per heavy atom. The van der Waals surface area contributed by atoms with E-state index in [9.17, 15) is 4.79 Å². The van der Waals surface area contributed by atoms with Gasteiger partial charge in [0.1, 0.15) is 0 Å². The number of anilines is 1. The van der Waals surface area contributed by atoms with Crippen LogP contribution in [-0.2, 0) is 4.79 Å². The van der Waals surface area contributed by atoms with Gasteiger partial charge in [0.15, 0.2) is 0 Å². The topological polar surface area (TPSA) is 55.1 Å². The minimum atomic E-state index is -0.583. The number of carbonyl (C=O) groups is 1. The molecule has 1 aromatic rings. The molecule has 0 unspecified atom stereocenters. The molecule has 1 aromatic carbocycles. The van der Waals surface area contributed by atoms with E-state index in [1.54, 1.807) is 0 Å². The van der Waals surface area contributed by atoms with Crippen LogP contribution in [0.4, 0.5) is 5.69 Å². The SMILES string of the molecule is Cc1ccc(NC(=O)C2(C(N)=S)CC2)cc1. The molecule has 1 aliphatic rings. The molecule has 0 heterocycles. The highest BCUT2D eigenvalue weighted by Gasteiger charge is 2.52. The Hall–Kier alpha value is -1.42. The maximum absolute atomic E-state index is 11.9. The van der Waals surface area contributed by atoms with E-state index < -0.39 is 5.41 Å². The summed E-state index contributed by atoms with van der Waals surface area (Å²) in [6.45, 7) is 2.00. The lowest BCUT2D eigenvalue weighted by atomic mass is 10.1. The van der Waals surface area contributed by atoms with Gasteiger partial charge < -0.3 is 11.1 Å². The van der Waals surface area contributed by atoms with Crippen LogP contribution in [-0.4, -0.2) is 10.9 Å². The van der Waals surface area contributed by atoms with E-state index in [1.165, 1.54) is 0 Å². The number of aryl methyl sites for hydroxylation is 1. The molecule has 1 fully saturated rings. The van der Waals surface area contributed by atoms with Crippen molar-refractivity contribution in [2.24, 2.45) is 11.1 Å². The molecule has 0 aromatic heterocycles. The van der Waals surface area contributed by atoms with E-state index in [-0.39, 0.29) is 5.91 Å². The van der Waals surface area contributed by atoms with Gasteiger partial charge in [-0.15, -0.1) is 0 Å². The summed E-state index contributed by atoms with van der Waals surface area (Å²) in [4.78, 5) is 12.2. The molecule has 0 radical (unpaired) electrons. The molecule has 0 saturated heterocycles. The van der Waals surface area contributed by atoms with E-state index in [1.807, 2.05) is 31.2 Å². The Morgan fingerprint density at radius 3 is 2.38 bits per heavy atom. The molecule has 84 valence electrons. The molecular formula is C12H14N2OS. The zero-order valence-electron chi connectivity index (χ0n) is 9.12. The molecule has 0 atom stereocenters. The van der Waals surface area contributed by atoms with Crippen molar-refractivity contribution in [3.8, 4) is 0 Å². The van der Waals surface area contributed by atoms with Crippen LogP contribution in [0.15, 0.2) is 24.3 Å². The van der Waals surface area contributed by atoms with Gasteiger partial charge in [0.25, 0.3) is 0 Å². The van der Waals surface area contributed by atoms with Gasteiger partial charge >= 0.3 is 0 Å². The van der Waals surface area contributed by atoms with Crippen LogP contribution >= 0.6 is 12.2 Å². The van der Waals surface area contributed by atoms with Gasteiger partial charge in [-0.2, -0.15) is 0 Å². The minimum Gasteiger partial charge on any atom is -0.392 e. The number of benzene rings is 1. The van der Waals surface area contributed by atoms with Crippen molar-refractivity contribution in [2.45, 2.75) is 19.8 Å². The lowest BCUT2D eigenvalue weighted by Gasteiger charge is -2.13. The highest BCUT2D eigenvalue weighted by Crippen LogP contribution is 2.46. The van der Waals surface area contributed by atoms with Gasteiger partial charge in [-0.1, -0.05) is 29.9 Å². The van der Waals surface area contributed by atoms with Crippen LogP contribution in [0.5, 0.6) is 0 Å². The van der Waals surface area contributed by atoms with Crippen molar-refractivity contribution >= 4 is 28.8 Å². The van der Waals surface area contributed by atoms with Crippen molar-refractivity contribution in [2.75, 3.05) is 5.32 Å². The summed E-state index contributed by atoms with van der Waals surface area (Å²) >= 11 is 4.92. The molecule has 1 amide bonds. The second kappa shape index (κ2) is 3.87. The maximum Gasteiger partial charge on any atom is 0.237 e. The summed E-state index contributed by atoms with van der Waals surface area (Å²) in [5, 5.41) is 2.85. The molecule has 3 nitrogen and oxygen atoms in total. The van der Waals surface area contributed by atoms with Gasteiger partial charge in [-0.25, -0.2) is 0 Å². The molecule has 0 spiro atoms. The molecule has 1 saturated carbocycles. The Balaban J connectivity index is 2.08. The summed E-state index contributed by atoms with van der Waals surface area (Å²) in [6, 6.07) is 7.66. The van der Waals surface area contributed by atoms with Crippen molar-refractivity contribution in [1.29, 1.82) is 0 Å². The molecular weight excluding hydrogens is 220 g/mol. The summed E-state index contributed by atoms with van der Waals surface area (Å²) in [5.74, 6) is -0.0798. The first-order valence-electron chi connectivity index (χ1n) is 5.23. The Morgan fingerprint density at radius 1 is 1.38 bits per heavy atom. The third-order valence-electron chi connectivity index (χ3n) is 2.97. The van der Waals surface area contributed by atoms with E-state index in [4.69, 9.17) is 18.0 Å². The summed E-state index contributed by atoms with van der Waals surface area (Å²) in [7, 11) is 0. The van der Waals surface area contributed by atoms with Crippen molar-refractivity contribution in [3.05, 3.63) is 29.8 Å². The number of thiocarbonyl (C=S) groups is 1. The summed E-state index contributed by atoms with van der Waals surface area (Å²) in [5.41, 5.74) is 6.95. The fraction of sp³-hybridized carbons (Fsp3) is 0.333. The number of hydrogen-bond donors (Lipinski definition) is 2. The van der Waals surface area contributed by atoms with Gasteiger partial charge in [-0.3, -0.25) is 4.79 Å². The predicted molar refractivity (Wildman–Crippen MR) is 68.3 cm³/mol. The first-order chi connectivity index (χ1) is 7.54. The molecule has 0 bridgehead atoms. The van der Waals surface area contributed by atoms with Gasteiger partial charge in [0.2, 0.25) is 5.91 Å². The average molecular weight is 234 g/mol. The average Bonchev–Trinajstić information content (AvgIpc) is 3.02. The molecule has 16 heavy (non-hydrogen) atoms. The van der Waals surface area contributed by atoms with Crippen LogP contribution in [0.2, 0.25) is 0 Å². The predicted octanol–water partition coefficient (Wildman–Crippen LogP) is 2.00. The molecule has 0 aliphatic heterocycles. The Labute approximate surface area is 100 Å². The Kier molecular flexibility index (Phi) is 2.68.